The summed E-state index contributed by atoms with van der Waals surface area (Å²) < 4.78 is 0.530. The number of benzene rings is 1. The van der Waals surface area contributed by atoms with Crippen molar-refractivity contribution in [1.82, 2.24) is 4.90 Å². The van der Waals surface area contributed by atoms with Crippen LogP contribution in [0.4, 0.5) is 5.69 Å². The largest absolute Gasteiger partial charge is 0.324 e. The van der Waals surface area contributed by atoms with Gasteiger partial charge in [-0.05, 0) is 12.1 Å². The van der Waals surface area contributed by atoms with Crippen molar-refractivity contribution in [3.8, 4) is 0 Å². The molecule has 0 aromatic heterocycles. The van der Waals surface area contributed by atoms with Gasteiger partial charge in [0.2, 0.25) is 11.8 Å². The Hall–Kier alpha value is -1.05. The molecule has 3 rings (SSSR count). The van der Waals surface area contributed by atoms with Gasteiger partial charge in [-0.25, -0.2) is 0 Å². The van der Waals surface area contributed by atoms with E-state index in [1.54, 1.807) is 7.05 Å². The Labute approximate surface area is 124 Å². The molecule has 0 saturated carbocycles. The fraction of sp³-hybridized carbons (Fsp3) is 0.250. The quantitative estimate of drug-likeness (QED) is 0.804. The molecule has 2 amide bonds. The Morgan fingerprint density at radius 3 is 2.63 bits per heavy atom. The third-order valence-corrected chi connectivity index (χ3v) is 6.30. The minimum Gasteiger partial charge on any atom is -0.324 e. The van der Waals surface area contributed by atoms with E-state index < -0.39 is 10.5 Å². The first-order valence-corrected chi connectivity index (χ1v) is 7.79. The maximum absolute atomic E-state index is 12.1. The Kier molecular flexibility index (Phi) is 3.28. The first-order valence-electron chi connectivity index (χ1n) is 5.62. The average Bonchev–Trinajstić information content (AvgIpc) is 2.66. The number of thiocarbonyl (C=S) groups is 1. The predicted octanol–water partition coefficient (Wildman–Crippen LogP) is 1.96. The van der Waals surface area contributed by atoms with Crippen molar-refractivity contribution in [1.29, 1.82) is 0 Å². The molecule has 1 N–H and O–H groups in total. The summed E-state index contributed by atoms with van der Waals surface area (Å²) >= 11 is 7.83. The first kappa shape index (κ1) is 13.0. The maximum Gasteiger partial charge on any atom is 0.243 e. The number of hydrogen-bond donors (Lipinski definition) is 1. The van der Waals surface area contributed by atoms with Gasteiger partial charge in [-0.1, -0.05) is 36.1 Å². The highest BCUT2D eigenvalue weighted by Gasteiger charge is 2.45. The molecule has 2 heterocycles. The van der Waals surface area contributed by atoms with E-state index in [0.29, 0.717) is 4.32 Å². The van der Waals surface area contributed by atoms with Gasteiger partial charge in [-0.3, -0.25) is 14.5 Å². The third kappa shape index (κ3) is 2.15. The van der Waals surface area contributed by atoms with E-state index in [1.807, 2.05) is 24.3 Å². The lowest BCUT2D eigenvalue weighted by Crippen LogP contribution is -2.41. The number of para-hydroxylation sites is 1. The van der Waals surface area contributed by atoms with Crippen LogP contribution >= 0.6 is 35.7 Å². The summed E-state index contributed by atoms with van der Waals surface area (Å²) in [5.41, 5.74) is 0.806. The summed E-state index contributed by atoms with van der Waals surface area (Å²) in [4.78, 5) is 26.7. The molecule has 2 aliphatic heterocycles. The summed E-state index contributed by atoms with van der Waals surface area (Å²) in [6.45, 7) is 0. The summed E-state index contributed by atoms with van der Waals surface area (Å²) in [6, 6.07) is 7.59. The van der Waals surface area contributed by atoms with Crippen LogP contribution in [0.3, 0.4) is 0 Å². The summed E-state index contributed by atoms with van der Waals surface area (Å²) in [7, 11) is 1.65. The van der Waals surface area contributed by atoms with Crippen LogP contribution in [0.25, 0.3) is 0 Å². The lowest BCUT2D eigenvalue weighted by atomic mass is 10.2. The lowest BCUT2D eigenvalue weighted by molar-refractivity contribution is -0.127. The van der Waals surface area contributed by atoms with Gasteiger partial charge in [-0.15, -0.1) is 11.8 Å². The molecule has 2 unspecified atom stereocenters. The molecule has 19 heavy (non-hydrogen) atoms. The Bertz CT molecular complexity index is 590. The van der Waals surface area contributed by atoms with Gasteiger partial charge < -0.3 is 5.32 Å². The number of carbonyl (C=O) groups excluding carboxylic acids is 2. The summed E-state index contributed by atoms with van der Waals surface area (Å²) in [6.07, 6.45) is 0. The molecular formula is C12H10N2O2S3. The van der Waals surface area contributed by atoms with Gasteiger partial charge in [0, 0.05) is 11.9 Å². The average molecular weight is 310 g/mol. The molecule has 0 spiro atoms. The topological polar surface area (TPSA) is 49.4 Å². The van der Waals surface area contributed by atoms with Gasteiger partial charge in [0.15, 0.2) is 0 Å². The van der Waals surface area contributed by atoms with Crippen LogP contribution in [-0.2, 0) is 9.59 Å². The summed E-state index contributed by atoms with van der Waals surface area (Å²) in [5.74, 6) is -0.227. The number of nitrogens with one attached hydrogen (secondary N) is 1. The molecule has 7 heteroatoms. The molecule has 0 radical (unpaired) electrons. The zero-order valence-corrected chi connectivity index (χ0v) is 12.4. The van der Waals surface area contributed by atoms with Crippen LogP contribution in [0, 0.1) is 0 Å². The van der Waals surface area contributed by atoms with Crippen LogP contribution in [0.2, 0.25) is 0 Å². The van der Waals surface area contributed by atoms with Crippen molar-refractivity contribution in [2.75, 3.05) is 12.4 Å². The van der Waals surface area contributed by atoms with Crippen molar-refractivity contribution >= 4 is 57.6 Å². The second kappa shape index (κ2) is 4.81. The van der Waals surface area contributed by atoms with E-state index in [-0.39, 0.29) is 11.8 Å². The van der Waals surface area contributed by atoms with E-state index in [2.05, 4.69) is 5.32 Å². The van der Waals surface area contributed by atoms with Crippen molar-refractivity contribution in [3.63, 3.8) is 0 Å². The minimum atomic E-state index is -0.435. The highest BCUT2D eigenvalue weighted by molar-refractivity contribution is 8.24. The van der Waals surface area contributed by atoms with Crippen LogP contribution in [0.5, 0.6) is 0 Å². The molecule has 1 saturated heterocycles. The molecule has 98 valence electrons. The van der Waals surface area contributed by atoms with E-state index in [1.165, 1.54) is 28.4 Å². The monoisotopic (exact) mass is 310 g/mol. The molecule has 0 aliphatic carbocycles. The first-order chi connectivity index (χ1) is 9.08. The lowest BCUT2D eigenvalue weighted by Gasteiger charge is -2.26. The Morgan fingerprint density at radius 2 is 1.95 bits per heavy atom. The number of fused-ring (bicyclic) bond motifs is 1. The molecule has 0 bridgehead atoms. The zero-order chi connectivity index (χ0) is 13.6. The molecule has 4 nitrogen and oxygen atoms in total. The summed E-state index contributed by atoms with van der Waals surface area (Å²) in [5, 5.41) is 1.98. The van der Waals surface area contributed by atoms with Gasteiger partial charge in [0.25, 0.3) is 0 Å². The van der Waals surface area contributed by atoms with Gasteiger partial charge in [0.05, 0.1) is 5.69 Å². The highest BCUT2D eigenvalue weighted by Crippen LogP contribution is 2.42. The van der Waals surface area contributed by atoms with E-state index in [4.69, 9.17) is 12.2 Å². The third-order valence-electron chi connectivity index (χ3n) is 3.01. The number of rotatable bonds is 1. The van der Waals surface area contributed by atoms with Crippen molar-refractivity contribution in [2.45, 2.75) is 15.4 Å². The van der Waals surface area contributed by atoms with E-state index in [9.17, 15) is 9.59 Å². The molecular weight excluding hydrogens is 300 g/mol. The number of amides is 2. The van der Waals surface area contributed by atoms with Crippen LogP contribution in [-0.4, -0.2) is 38.6 Å². The second-order valence-corrected chi connectivity index (χ2v) is 7.18. The fourth-order valence-corrected chi connectivity index (χ4v) is 4.76. The normalized spacial score (nSPS) is 26.4. The van der Waals surface area contributed by atoms with Gasteiger partial charge in [-0.2, -0.15) is 0 Å². The molecule has 2 atom stereocenters. The van der Waals surface area contributed by atoms with E-state index >= 15 is 0 Å². The Morgan fingerprint density at radius 1 is 1.21 bits per heavy atom. The molecule has 1 fully saturated rings. The Balaban J connectivity index is 1.90. The molecule has 1 aromatic carbocycles. The maximum atomic E-state index is 12.1. The van der Waals surface area contributed by atoms with Crippen LogP contribution < -0.4 is 5.32 Å². The van der Waals surface area contributed by atoms with Gasteiger partial charge >= 0.3 is 0 Å². The zero-order valence-electron chi connectivity index (χ0n) is 9.95. The highest BCUT2D eigenvalue weighted by atomic mass is 32.2. The van der Waals surface area contributed by atoms with Crippen molar-refractivity contribution in [3.05, 3.63) is 24.3 Å². The number of hydrogen-bond acceptors (Lipinski definition) is 5. The smallest absolute Gasteiger partial charge is 0.243 e. The predicted molar refractivity (Wildman–Crippen MR) is 81.5 cm³/mol. The molecule has 1 aromatic rings. The standard InChI is InChI=1S/C12H10N2O2S3/c1-14-11(16)9(19-12(14)17)8-10(15)13-6-4-2-3-5-7(6)18-8/h2-5,8-9H,1H3,(H,13,15). The minimum absolute atomic E-state index is 0.0953. The SMILES string of the molecule is CN1C(=O)C(C2Sc3ccccc3NC2=O)SC1=S. The number of carbonyl (C=O) groups is 2. The van der Waals surface area contributed by atoms with Crippen molar-refractivity contribution < 1.29 is 9.59 Å². The van der Waals surface area contributed by atoms with Crippen molar-refractivity contribution in [2.24, 2.45) is 0 Å². The molecule has 2 aliphatic rings. The number of anilines is 1. The second-order valence-electron chi connectivity index (χ2n) is 4.23. The van der Waals surface area contributed by atoms with Crippen LogP contribution in [0.1, 0.15) is 0 Å². The fourth-order valence-electron chi connectivity index (χ4n) is 1.98. The number of thioether (sulfide) groups is 2. The number of nitrogens with zero attached hydrogens (tertiary/aromatic N) is 1. The van der Waals surface area contributed by atoms with E-state index in [0.717, 1.165) is 10.6 Å². The van der Waals surface area contributed by atoms with Crippen LogP contribution in [0.15, 0.2) is 29.2 Å². The van der Waals surface area contributed by atoms with Gasteiger partial charge in [0.1, 0.15) is 14.8 Å².